The first-order valence-corrected chi connectivity index (χ1v) is 6.33. The highest BCUT2D eigenvalue weighted by atomic mass is 15.2. The van der Waals surface area contributed by atoms with Crippen molar-refractivity contribution < 1.29 is 0 Å². The fourth-order valence-corrected chi connectivity index (χ4v) is 2.32. The molecule has 0 aliphatic rings. The fraction of sp³-hybridized carbons (Fsp3) is 0.600. The summed E-state index contributed by atoms with van der Waals surface area (Å²) in [4.78, 5) is 2.23. The molecule has 0 heterocycles. The molecule has 0 saturated carbocycles. The maximum atomic E-state index is 6.49. The van der Waals surface area contributed by atoms with Crippen LogP contribution in [-0.2, 0) is 0 Å². The molecule has 0 saturated heterocycles. The summed E-state index contributed by atoms with van der Waals surface area (Å²) in [5.74, 6) is 0. The lowest BCUT2D eigenvalue weighted by molar-refractivity contribution is 0.131. The van der Waals surface area contributed by atoms with Crippen LogP contribution in [0, 0.1) is 13.8 Å². The van der Waals surface area contributed by atoms with Gasteiger partial charge in [-0.2, -0.15) is 0 Å². The number of nitrogens with two attached hydrogens (primary N) is 1. The van der Waals surface area contributed by atoms with E-state index in [4.69, 9.17) is 5.73 Å². The normalized spacial score (nSPS) is 16.9. The van der Waals surface area contributed by atoms with Crippen LogP contribution in [-0.4, -0.2) is 24.5 Å². The summed E-state index contributed by atoms with van der Waals surface area (Å²) in [5, 5.41) is 0. The zero-order chi connectivity index (χ0) is 13.2. The second kappa shape index (κ2) is 5.19. The first kappa shape index (κ1) is 14.2. The molecule has 0 bridgehead atoms. The van der Waals surface area contributed by atoms with Gasteiger partial charge in [0, 0.05) is 11.6 Å². The van der Waals surface area contributed by atoms with Gasteiger partial charge in [-0.05, 0) is 52.4 Å². The van der Waals surface area contributed by atoms with Crippen molar-refractivity contribution in [1.29, 1.82) is 0 Å². The smallest absolute Gasteiger partial charge is 0.0481 e. The first-order chi connectivity index (χ1) is 7.82. The molecule has 2 unspecified atom stereocenters. The number of likely N-dealkylation sites (N-methyl/N-ethyl adjacent to an activating group) is 1. The van der Waals surface area contributed by atoms with E-state index in [1.807, 2.05) is 0 Å². The van der Waals surface area contributed by atoms with Crippen molar-refractivity contribution >= 4 is 0 Å². The third-order valence-corrected chi connectivity index (χ3v) is 4.17. The average Bonchev–Trinajstić information content (AvgIpc) is 2.26. The molecule has 0 aliphatic carbocycles. The van der Waals surface area contributed by atoms with Crippen LogP contribution in [0.5, 0.6) is 0 Å². The van der Waals surface area contributed by atoms with Crippen LogP contribution in [0.25, 0.3) is 0 Å². The Labute approximate surface area is 106 Å². The lowest BCUT2D eigenvalue weighted by Crippen LogP contribution is -2.49. The topological polar surface area (TPSA) is 29.3 Å². The number of nitrogens with zero attached hydrogens (tertiary/aromatic N) is 1. The molecule has 1 rings (SSSR count). The van der Waals surface area contributed by atoms with E-state index in [0.29, 0.717) is 0 Å². The minimum atomic E-state index is 0.0000180. The minimum absolute atomic E-state index is 0.0000180. The Bertz CT molecular complexity index is 385. The Hall–Kier alpha value is -0.860. The van der Waals surface area contributed by atoms with Crippen LogP contribution in [0.15, 0.2) is 18.2 Å². The Kier molecular flexibility index (Phi) is 4.34. The van der Waals surface area contributed by atoms with Crippen molar-refractivity contribution in [2.75, 3.05) is 14.1 Å². The molecule has 1 aromatic carbocycles. The van der Waals surface area contributed by atoms with E-state index in [1.54, 1.807) is 0 Å². The van der Waals surface area contributed by atoms with Crippen LogP contribution in [0.4, 0.5) is 0 Å². The standard InChI is InChI=1S/C15H26N2/c1-7-15(4,17(5)6)14(16)13-9-8-11(2)10-12(13)3/h8-10,14H,7,16H2,1-6H3. The van der Waals surface area contributed by atoms with Crippen molar-refractivity contribution in [2.45, 2.75) is 45.7 Å². The first-order valence-electron chi connectivity index (χ1n) is 6.33. The predicted molar refractivity (Wildman–Crippen MR) is 75.2 cm³/mol. The highest BCUT2D eigenvalue weighted by molar-refractivity contribution is 5.34. The van der Waals surface area contributed by atoms with Crippen LogP contribution in [0.2, 0.25) is 0 Å². The van der Waals surface area contributed by atoms with E-state index >= 15 is 0 Å². The van der Waals surface area contributed by atoms with E-state index in [-0.39, 0.29) is 11.6 Å². The summed E-state index contributed by atoms with van der Waals surface area (Å²) < 4.78 is 0. The third kappa shape index (κ3) is 2.70. The average molecular weight is 234 g/mol. The van der Waals surface area contributed by atoms with Gasteiger partial charge in [0.05, 0.1) is 0 Å². The molecule has 2 heteroatoms. The lowest BCUT2D eigenvalue weighted by Gasteiger charge is -2.41. The predicted octanol–water partition coefficient (Wildman–Crippen LogP) is 3.03. The van der Waals surface area contributed by atoms with E-state index in [9.17, 15) is 0 Å². The van der Waals surface area contributed by atoms with Gasteiger partial charge in [-0.15, -0.1) is 0 Å². The van der Waals surface area contributed by atoms with Gasteiger partial charge in [-0.3, -0.25) is 0 Å². The molecular formula is C15H26N2. The molecule has 0 amide bonds. The van der Waals surface area contributed by atoms with Crippen molar-refractivity contribution in [1.82, 2.24) is 4.90 Å². The van der Waals surface area contributed by atoms with Gasteiger partial charge < -0.3 is 10.6 Å². The summed E-state index contributed by atoms with van der Waals surface area (Å²) in [7, 11) is 4.21. The van der Waals surface area contributed by atoms with Gasteiger partial charge in [-0.1, -0.05) is 30.7 Å². The van der Waals surface area contributed by atoms with Gasteiger partial charge in [-0.25, -0.2) is 0 Å². The quantitative estimate of drug-likeness (QED) is 0.867. The summed E-state index contributed by atoms with van der Waals surface area (Å²) in [6.07, 6.45) is 1.04. The second-order valence-corrected chi connectivity index (χ2v) is 5.44. The summed E-state index contributed by atoms with van der Waals surface area (Å²) >= 11 is 0. The highest BCUT2D eigenvalue weighted by Crippen LogP contribution is 2.32. The molecule has 1 aromatic rings. The maximum Gasteiger partial charge on any atom is 0.0481 e. The van der Waals surface area contributed by atoms with Gasteiger partial charge in [0.25, 0.3) is 0 Å². The van der Waals surface area contributed by atoms with Crippen molar-refractivity contribution in [2.24, 2.45) is 5.73 Å². The molecule has 2 atom stereocenters. The summed E-state index contributed by atoms with van der Waals surface area (Å²) in [5.41, 5.74) is 10.3. The van der Waals surface area contributed by atoms with E-state index in [0.717, 1.165) is 6.42 Å². The van der Waals surface area contributed by atoms with Crippen LogP contribution in [0.3, 0.4) is 0 Å². The maximum absolute atomic E-state index is 6.49. The minimum Gasteiger partial charge on any atom is -0.322 e. The molecule has 0 fully saturated rings. The van der Waals surface area contributed by atoms with Gasteiger partial charge >= 0.3 is 0 Å². The van der Waals surface area contributed by atoms with E-state index in [2.05, 4.69) is 64.9 Å². The van der Waals surface area contributed by atoms with Gasteiger partial charge in [0.2, 0.25) is 0 Å². The highest BCUT2D eigenvalue weighted by Gasteiger charge is 2.33. The molecule has 0 aromatic heterocycles. The Morgan fingerprint density at radius 3 is 2.29 bits per heavy atom. The van der Waals surface area contributed by atoms with Gasteiger partial charge in [0.1, 0.15) is 0 Å². The van der Waals surface area contributed by atoms with Gasteiger partial charge in [0.15, 0.2) is 0 Å². The van der Waals surface area contributed by atoms with E-state index < -0.39 is 0 Å². The molecule has 0 aliphatic heterocycles. The van der Waals surface area contributed by atoms with Crippen molar-refractivity contribution in [3.63, 3.8) is 0 Å². The largest absolute Gasteiger partial charge is 0.322 e. The Morgan fingerprint density at radius 1 is 1.29 bits per heavy atom. The van der Waals surface area contributed by atoms with E-state index in [1.165, 1.54) is 16.7 Å². The van der Waals surface area contributed by atoms with Crippen molar-refractivity contribution in [3.8, 4) is 0 Å². The molecule has 2 N–H and O–H groups in total. The number of rotatable bonds is 4. The monoisotopic (exact) mass is 234 g/mol. The summed E-state index contributed by atoms with van der Waals surface area (Å²) in [6, 6.07) is 6.57. The molecule has 2 nitrogen and oxygen atoms in total. The molecular weight excluding hydrogens is 208 g/mol. The third-order valence-electron chi connectivity index (χ3n) is 4.17. The Balaban J connectivity index is 3.14. The van der Waals surface area contributed by atoms with Crippen molar-refractivity contribution in [3.05, 3.63) is 34.9 Å². The zero-order valence-corrected chi connectivity index (χ0v) is 12.0. The number of aryl methyl sites for hydroxylation is 2. The fourth-order valence-electron chi connectivity index (χ4n) is 2.32. The number of benzene rings is 1. The molecule has 96 valence electrons. The van der Waals surface area contributed by atoms with Crippen LogP contribution >= 0.6 is 0 Å². The molecule has 0 radical (unpaired) electrons. The SMILES string of the molecule is CCC(C)(C(N)c1ccc(C)cc1C)N(C)C. The molecule has 17 heavy (non-hydrogen) atoms. The number of hydrogen-bond acceptors (Lipinski definition) is 2. The summed E-state index contributed by atoms with van der Waals surface area (Å²) in [6.45, 7) is 8.70. The second-order valence-electron chi connectivity index (χ2n) is 5.44. The Morgan fingerprint density at radius 2 is 1.88 bits per heavy atom. The zero-order valence-electron chi connectivity index (χ0n) is 12.0. The molecule has 0 spiro atoms. The lowest BCUT2D eigenvalue weighted by atomic mass is 9.82. The van der Waals surface area contributed by atoms with Crippen LogP contribution < -0.4 is 5.73 Å². The number of hydrogen-bond donors (Lipinski definition) is 1. The van der Waals surface area contributed by atoms with Crippen LogP contribution in [0.1, 0.15) is 43.0 Å².